The Hall–Kier alpha value is -2.24. The van der Waals surface area contributed by atoms with Crippen molar-refractivity contribution in [2.24, 2.45) is 5.92 Å². The van der Waals surface area contributed by atoms with Gasteiger partial charge in [-0.1, -0.05) is 26.7 Å². The molecule has 25 heavy (non-hydrogen) atoms. The van der Waals surface area contributed by atoms with Crippen LogP contribution in [0.3, 0.4) is 0 Å². The molecule has 0 fully saturated rings. The molecule has 11 heteroatoms. The van der Waals surface area contributed by atoms with E-state index in [1.54, 1.807) is 0 Å². The Balaban J connectivity index is -0.000000126. The average Bonchev–Trinajstić information content (AvgIpc) is 2.52. The molecular weight excluding hydrogens is 344 g/mol. The molecule has 0 heterocycles. The minimum Gasteiger partial charge on any atom is -0.481 e. The summed E-state index contributed by atoms with van der Waals surface area (Å²) in [6.07, 6.45) is 3.34. The fraction of sp³-hybridized carbons (Fsp3) is 0.714. The fourth-order valence-electron chi connectivity index (χ4n) is 0.829. The predicted octanol–water partition coefficient (Wildman–Crippen LogP) is -0.523. The summed E-state index contributed by atoms with van der Waals surface area (Å²) in [5.74, 6) is -3.54. The van der Waals surface area contributed by atoms with Crippen molar-refractivity contribution in [1.29, 1.82) is 0 Å². The molecule has 0 aromatic rings. The van der Waals surface area contributed by atoms with Gasteiger partial charge in [-0.15, -0.1) is 0 Å². The zero-order valence-electron chi connectivity index (χ0n) is 14.3. The van der Waals surface area contributed by atoms with Gasteiger partial charge >= 0.3 is 23.9 Å². The highest BCUT2D eigenvalue weighted by Crippen LogP contribution is 2.07. The number of carboxylic acids is 4. The van der Waals surface area contributed by atoms with Crippen molar-refractivity contribution in [2.45, 2.75) is 39.5 Å². The normalized spacial score (nSPS) is 8.56. The zero-order chi connectivity index (χ0) is 20.8. The van der Waals surface area contributed by atoms with Crippen molar-refractivity contribution in [2.75, 3.05) is 19.8 Å². The summed E-state index contributed by atoms with van der Waals surface area (Å²) in [6, 6.07) is 0. The first kappa shape index (κ1) is 30.6. The molecule has 0 aromatic heterocycles. The van der Waals surface area contributed by atoms with Crippen molar-refractivity contribution >= 4 is 23.9 Å². The summed E-state index contributed by atoms with van der Waals surface area (Å²) in [5.41, 5.74) is 0. The van der Waals surface area contributed by atoms with Crippen LogP contribution >= 0.6 is 0 Å². The highest BCUT2D eigenvalue weighted by atomic mass is 16.4. The van der Waals surface area contributed by atoms with E-state index in [9.17, 15) is 4.79 Å². The van der Waals surface area contributed by atoms with Crippen molar-refractivity contribution in [3.8, 4) is 0 Å². The van der Waals surface area contributed by atoms with Crippen molar-refractivity contribution in [3.05, 3.63) is 0 Å². The number of hydrogen-bond donors (Lipinski definition) is 7. The first-order valence-electron chi connectivity index (χ1n) is 7.14. The van der Waals surface area contributed by atoms with Crippen LogP contribution in [0.1, 0.15) is 39.5 Å². The maximum Gasteiger partial charge on any atom is 0.329 e. The Morgan fingerprint density at radius 3 is 1.08 bits per heavy atom. The standard InChI is InChI=1S/C8H16O2.3C2H4O3/c1-7(2)5-3-4-6-8(9)10;3*3-1-2(4)5/h7H,3-6H2,1-2H3,(H,9,10);3*3H,1H2,(H,4,5). The molecule has 0 rings (SSSR count). The fourth-order valence-corrected chi connectivity index (χ4v) is 0.829. The second-order valence-corrected chi connectivity index (χ2v) is 4.69. The Morgan fingerprint density at radius 1 is 0.640 bits per heavy atom. The van der Waals surface area contributed by atoms with E-state index in [-0.39, 0.29) is 0 Å². The molecule has 0 amide bonds. The lowest BCUT2D eigenvalue weighted by molar-refractivity contribution is -0.141. The molecule has 0 saturated carbocycles. The summed E-state index contributed by atoms with van der Waals surface area (Å²) < 4.78 is 0. The van der Waals surface area contributed by atoms with Crippen LogP contribution in [0.5, 0.6) is 0 Å². The molecule has 0 aliphatic rings. The predicted molar refractivity (Wildman–Crippen MR) is 85.1 cm³/mol. The van der Waals surface area contributed by atoms with Gasteiger partial charge in [-0.25, -0.2) is 14.4 Å². The van der Waals surface area contributed by atoms with Crippen LogP contribution in [-0.2, 0) is 19.2 Å². The van der Waals surface area contributed by atoms with E-state index in [0.29, 0.717) is 12.3 Å². The average molecular weight is 372 g/mol. The Kier molecular flexibility index (Phi) is 29.4. The van der Waals surface area contributed by atoms with E-state index < -0.39 is 43.7 Å². The van der Waals surface area contributed by atoms with E-state index in [4.69, 9.17) is 50.1 Å². The number of carboxylic acid groups (broad SMARTS) is 4. The number of aliphatic hydroxyl groups excluding tert-OH is 3. The van der Waals surface area contributed by atoms with E-state index in [2.05, 4.69) is 13.8 Å². The van der Waals surface area contributed by atoms with Gasteiger partial charge in [0.2, 0.25) is 0 Å². The van der Waals surface area contributed by atoms with Gasteiger partial charge in [0.05, 0.1) is 0 Å². The summed E-state index contributed by atoms with van der Waals surface area (Å²) in [7, 11) is 0. The number of hydrogen-bond acceptors (Lipinski definition) is 7. The summed E-state index contributed by atoms with van der Waals surface area (Å²) >= 11 is 0. The summed E-state index contributed by atoms with van der Waals surface area (Å²) in [6.45, 7) is 1.97. The van der Waals surface area contributed by atoms with Gasteiger partial charge in [-0.3, -0.25) is 4.79 Å². The molecule has 0 aliphatic heterocycles. The quantitative estimate of drug-likeness (QED) is 0.269. The van der Waals surface area contributed by atoms with E-state index >= 15 is 0 Å². The smallest absolute Gasteiger partial charge is 0.329 e. The molecule has 0 bridgehead atoms. The molecule has 11 nitrogen and oxygen atoms in total. The Morgan fingerprint density at radius 2 is 0.920 bits per heavy atom. The minimum atomic E-state index is -1.19. The number of rotatable bonds is 8. The van der Waals surface area contributed by atoms with Crippen LogP contribution in [0.15, 0.2) is 0 Å². The molecule has 0 atom stereocenters. The Labute approximate surface area is 145 Å². The van der Waals surface area contributed by atoms with Crippen LogP contribution < -0.4 is 0 Å². The molecule has 150 valence electrons. The van der Waals surface area contributed by atoms with Gasteiger partial charge in [0.25, 0.3) is 0 Å². The summed E-state index contributed by atoms with van der Waals surface area (Å²) in [4.78, 5) is 37.4. The maximum atomic E-state index is 10.0. The first-order chi connectivity index (χ1) is 11.4. The molecule has 0 radical (unpaired) electrons. The van der Waals surface area contributed by atoms with Crippen LogP contribution in [0.25, 0.3) is 0 Å². The highest BCUT2D eigenvalue weighted by molar-refractivity contribution is 5.68. The second-order valence-electron chi connectivity index (χ2n) is 4.69. The number of unbranched alkanes of at least 4 members (excludes halogenated alkanes) is 1. The van der Waals surface area contributed by atoms with Gasteiger partial charge in [0.15, 0.2) is 0 Å². The highest BCUT2D eigenvalue weighted by Gasteiger charge is 1.97. The number of carbonyl (C=O) groups is 4. The minimum absolute atomic E-state index is 0.326. The molecule has 0 aliphatic carbocycles. The molecule has 7 N–H and O–H groups in total. The van der Waals surface area contributed by atoms with Gasteiger partial charge < -0.3 is 35.7 Å². The molecule has 0 saturated heterocycles. The Bertz CT molecular complexity index is 319. The van der Waals surface area contributed by atoms with Crippen molar-refractivity contribution < 1.29 is 54.9 Å². The van der Waals surface area contributed by atoms with Gasteiger partial charge in [-0.05, 0) is 12.3 Å². The lowest BCUT2D eigenvalue weighted by Gasteiger charge is -2.01. The SMILES string of the molecule is CC(C)CCCCC(=O)O.O=C(O)CO.O=C(O)CO.O=C(O)CO. The third kappa shape index (κ3) is 73.4. The van der Waals surface area contributed by atoms with Crippen molar-refractivity contribution in [1.82, 2.24) is 0 Å². The van der Waals surface area contributed by atoms with Gasteiger partial charge in [-0.2, -0.15) is 0 Å². The molecule has 0 unspecified atom stereocenters. The van der Waals surface area contributed by atoms with Crippen LogP contribution in [-0.4, -0.2) is 79.4 Å². The second kappa shape index (κ2) is 24.0. The van der Waals surface area contributed by atoms with E-state index in [1.807, 2.05) is 0 Å². The van der Waals surface area contributed by atoms with Crippen LogP contribution in [0.2, 0.25) is 0 Å². The van der Waals surface area contributed by atoms with Crippen LogP contribution in [0, 0.1) is 5.92 Å². The van der Waals surface area contributed by atoms with Gasteiger partial charge in [0, 0.05) is 6.42 Å². The largest absolute Gasteiger partial charge is 0.481 e. The molecule has 0 aromatic carbocycles. The van der Waals surface area contributed by atoms with Crippen LogP contribution in [0.4, 0.5) is 0 Å². The summed E-state index contributed by atoms with van der Waals surface area (Å²) in [5, 5.41) is 53.3. The monoisotopic (exact) mass is 372 g/mol. The molecule has 0 spiro atoms. The number of aliphatic carboxylic acids is 4. The zero-order valence-corrected chi connectivity index (χ0v) is 14.3. The number of aliphatic hydroxyl groups is 3. The third-order valence-electron chi connectivity index (χ3n) is 1.83. The van der Waals surface area contributed by atoms with Gasteiger partial charge in [0.1, 0.15) is 19.8 Å². The third-order valence-corrected chi connectivity index (χ3v) is 1.83. The lowest BCUT2D eigenvalue weighted by Crippen LogP contribution is -1.98. The molecular formula is C14H28O11. The van der Waals surface area contributed by atoms with Crippen molar-refractivity contribution in [3.63, 3.8) is 0 Å². The first-order valence-corrected chi connectivity index (χ1v) is 7.14. The lowest BCUT2D eigenvalue weighted by atomic mass is 10.1. The maximum absolute atomic E-state index is 10.0. The van der Waals surface area contributed by atoms with E-state index in [0.717, 1.165) is 19.3 Å². The topological polar surface area (TPSA) is 210 Å². The van der Waals surface area contributed by atoms with E-state index in [1.165, 1.54) is 0 Å².